The monoisotopic (exact) mass is 258 g/mol. The first kappa shape index (κ1) is 16.9. The van der Waals surface area contributed by atoms with Crippen LogP contribution in [0.1, 0.15) is 26.7 Å². The highest BCUT2D eigenvalue weighted by Crippen LogP contribution is 2.05. The molecule has 0 saturated carbocycles. The molecule has 0 aromatic carbocycles. The third-order valence-corrected chi connectivity index (χ3v) is 2.84. The van der Waals surface area contributed by atoms with Crippen molar-refractivity contribution >= 4 is 11.8 Å². The summed E-state index contributed by atoms with van der Waals surface area (Å²) in [6, 6.07) is 0. The van der Waals surface area contributed by atoms with E-state index < -0.39 is 0 Å². The Morgan fingerprint density at radius 1 is 1.17 bits per heavy atom. The summed E-state index contributed by atoms with van der Waals surface area (Å²) in [5, 5.41) is 5.40. The Labute approximate surface area is 109 Å². The highest BCUT2D eigenvalue weighted by molar-refractivity contribution is 5.80. The first-order chi connectivity index (χ1) is 8.67. The fraction of sp³-hybridized carbons (Fsp3) is 0.833. The number of nitrogens with two attached hydrogens (primary N) is 2. The molecule has 0 bridgehead atoms. The maximum atomic E-state index is 10.6. The van der Waals surface area contributed by atoms with Crippen LogP contribution in [0.2, 0.25) is 0 Å². The minimum absolute atomic E-state index is 0.0926. The minimum Gasteiger partial charge on any atom is -0.356 e. The van der Waals surface area contributed by atoms with Crippen LogP contribution in [0.15, 0.2) is 0 Å². The molecule has 2 fully saturated rings. The van der Waals surface area contributed by atoms with Gasteiger partial charge in [-0.05, 0) is 18.9 Å². The van der Waals surface area contributed by atoms with Crippen molar-refractivity contribution in [2.24, 2.45) is 23.3 Å². The van der Waals surface area contributed by atoms with Gasteiger partial charge in [0.05, 0.1) is 5.92 Å². The van der Waals surface area contributed by atoms with Gasteiger partial charge in [-0.1, -0.05) is 13.8 Å². The second-order valence-corrected chi connectivity index (χ2v) is 4.12. The van der Waals surface area contributed by atoms with Gasteiger partial charge in [-0.2, -0.15) is 0 Å². The number of hydrogen-bond acceptors (Lipinski definition) is 4. The molecule has 6 heteroatoms. The topological polar surface area (TPSA) is 110 Å². The summed E-state index contributed by atoms with van der Waals surface area (Å²) in [7, 11) is 0. The Kier molecular flexibility index (Phi) is 9.22. The van der Waals surface area contributed by atoms with E-state index in [2.05, 4.69) is 10.6 Å². The Morgan fingerprint density at radius 2 is 1.83 bits per heavy atom. The molecule has 6 nitrogen and oxygen atoms in total. The quantitative estimate of drug-likeness (QED) is 0.519. The van der Waals surface area contributed by atoms with Crippen LogP contribution in [-0.2, 0) is 9.59 Å². The third kappa shape index (κ3) is 5.97. The highest BCUT2D eigenvalue weighted by atomic mass is 16.2. The van der Waals surface area contributed by atoms with Crippen molar-refractivity contribution in [1.82, 2.24) is 10.6 Å². The second kappa shape index (κ2) is 9.85. The number of amides is 2. The van der Waals surface area contributed by atoms with Crippen molar-refractivity contribution in [3.05, 3.63) is 0 Å². The lowest BCUT2D eigenvalue weighted by Crippen LogP contribution is -2.24. The number of carbonyl (C=O) groups excluding carboxylic acids is 2. The van der Waals surface area contributed by atoms with E-state index in [1.165, 1.54) is 0 Å². The molecule has 18 heavy (non-hydrogen) atoms. The Balaban J connectivity index is 0.000000283. The first-order valence-corrected chi connectivity index (χ1v) is 6.62. The molecular weight excluding hydrogens is 232 g/mol. The van der Waals surface area contributed by atoms with Gasteiger partial charge in [0.1, 0.15) is 0 Å². The molecule has 0 spiro atoms. The fourth-order valence-corrected chi connectivity index (χ4v) is 1.70. The van der Waals surface area contributed by atoms with E-state index in [1.54, 1.807) is 0 Å². The maximum absolute atomic E-state index is 10.6. The van der Waals surface area contributed by atoms with Crippen LogP contribution in [0.5, 0.6) is 0 Å². The van der Waals surface area contributed by atoms with Crippen LogP contribution in [0.25, 0.3) is 0 Å². The van der Waals surface area contributed by atoms with Gasteiger partial charge in [-0.3, -0.25) is 9.59 Å². The van der Waals surface area contributed by atoms with Crippen LogP contribution in [0.3, 0.4) is 0 Å². The number of nitrogens with one attached hydrogen (secondary N) is 2. The van der Waals surface area contributed by atoms with Gasteiger partial charge in [-0.15, -0.1) is 0 Å². The van der Waals surface area contributed by atoms with E-state index in [0.717, 1.165) is 19.5 Å². The zero-order chi connectivity index (χ0) is 14.0. The zero-order valence-electron chi connectivity index (χ0n) is 11.4. The molecule has 2 atom stereocenters. The van der Waals surface area contributed by atoms with Crippen molar-refractivity contribution in [2.75, 3.05) is 26.2 Å². The smallest absolute Gasteiger partial charge is 0.224 e. The summed E-state index contributed by atoms with van der Waals surface area (Å²) in [4.78, 5) is 21.1. The van der Waals surface area contributed by atoms with E-state index in [9.17, 15) is 9.59 Å². The molecule has 6 N–H and O–H groups in total. The summed E-state index contributed by atoms with van der Waals surface area (Å²) < 4.78 is 0. The molecule has 2 aliphatic heterocycles. The normalized spacial score (nSPS) is 25.3. The van der Waals surface area contributed by atoms with Crippen LogP contribution in [0.4, 0.5) is 0 Å². The number of carbonyl (C=O) groups is 2. The van der Waals surface area contributed by atoms with E-state index in [4.69, 9.17) is 11.5 Å². The van der Waals surface area contributed by atoms with Gasteiger partial charge < -0.3 is 22.1 Å². The molecule has 2 saturated heterocycles. The lowest BCUT2D eigenvalue weighted by Gasteiger charge is -1.97. The number of rotatable bonds is 2. The fourth-order valence-electron chi connectivity index (χ4n) is 1.70. The van der Waals surface area contributed by atoms with E-state index >= 15 is 0 Å². The molecule has 2 unspecified atom stereocenters. The van der Waals surface area contributed by atoms with Gasteiger partial charge in [0.25, 0.3) is 0 Å². The van der Waals surface area contributed by atoms with Crippen molar-refractivity contribution in [1.29, 1.82) is 0 Å². The van der Waals surface area contributed by atoms with Gasteiger partial charge in [0, 0.05) is 26.1 Å². The molecule has 0 aromatic rings. The van der Waals surface area contributed by atoms with Gasteiger partial charge in [0.15, 0.2) is 0 Å². The van der Waals surface area contributed by atoms with Gasteiger partial charge >= 0.3 is 0 Å². The molecule has 2 heterocycles. The lowest BCUT2D eigenvalue weighted by molar-refractivity contribution is -0.122. The van der Waals surface area contributed by atoms with Crippen LogP contribution in [-0.4, -0.2) is 38.0 Å². The zero-order valence-corrected chi connectivity index (χ0v) is 11.4. The van der Waals surface area contributed by atoms with Gasteiger partial charge in [0.2, 0.25) is 11.8 Å². The van der Waals surface area contributed by atoms with Crippen LogP contribution < -0.4 is 22.1 Å². The molecule has 0 radical (unpaired) electrons. The summed E-state index contributed by atoms with van der Waals surface area (Å²) in [6.07, 6.45) is 1.53. The predicted octanol–water partition coefficient (Wildman–Crippen LogP) is -0.811. The van der Waals surface area contributed by atoms with Crippen molar-refractivity contribution in [3.63, 3.8) is 0 Å². The predicted molar refractivity (Wildman–Crippen MR) is 71.7 cm³/mol. The Hall–Kier alpha value is -1.14. The molecule has 2 aliphatic rings. The Morgan fingerprint density at radius 3 is 2.06 bits per heavy atom. The maximum Gasteiger partial charge on any atom is 0.224 e. The average Bonchev–Trinajstić information content (AvgIpc) is 3.00. The van der Waals surface area contributed by atoms with Gasteiger partial charge in [-0.25, -0.2) is 0 Å². The molecular formula is C12H26N4O2. The van der Waals surface area contributed by atoms with Crippen molar-refractivity contribution in [2.45, 2.75) is 26.7 Å². The first-order valence-electron chi connectivity index (χ1n) is 6.62. The molecule has 106 valence electrons. The minimum atomic E-state index is 0.0926. The standard InChI is InChI=1S/2C5H10N2O.C2H6/c6-2-4-1-5(8)7-3-4;6-3-4-1-2-7-5(4)8;1-2/h2*4H,1-3,6H2,(H,7,8);1-2H3. The molecule has 2 rings (SSSR count). The average molecular weight is 258 g/mol. The van der Waals surface area contributed by atoms with E-state index in [-0.39, 0.29) is 17.7 Å². The Bertz CT molecular complexity index is 258. The van der Waals surface area contributed by atoms with E-state index in [1.807, 2.05) is 13.8 Å². The molecule has 0 aromatic heterocycles. The van der Waals surface area contributed by atoms with Crippen molar-refractivity contribution in [3.8, 4) is 0 Å². The van der Waals surface area contributed by atoms with E-state index in [0.29, 0.717) is 25.4 Å². The van der Waals surface area contributed by atoms with Crippen LogP contribution in [0, 0.1) is 11.8 Å². The molecule has 2 amide bonds. The van der Waals surface area contributed by atoms with Crippen LogP contribution >= 0.6 is 0 Å². The molecule has 0 aliphatic carbocycles. The summed E-state index contributed by atoms with van der Waals surface area (Å²) in [5.41, 5.74) is 10.6. The second-order valence-electron chi connectivity index (χ2n) is 4.12. The van der Waals surface area contributed by atoms with Crippen molar-refractivity contribution < 1.29 is 9.59 Å². The largest absolute Gasteiger partial charge is 0.356 e. The third-order valence-electron chi connectivity index (χ3n) is 2.84. The SMILES string of the molecule is CC.NCC1CCNC1=O.NCC1CNC(=O)C1. The summed E-state index contributed by atoms with van der Waals surface area (Å²) in [6.45, 7) is 6.70. The lowest BCUT2D eigenvalue weighted by atomic mass is 10.1. The highest BCUT2D eigenvalue weighted by Gasteiger charge is 2.21. The summed E-state index contributed by atoms with van der Waals surface area (Å²) >= 11 is 0. The summed E-state index contributed by atoms with van der Waals surface area (Å²) in [5.74, 6) is 0.741. The number of hydrogen-bond donors (Lipinski definition) is 4.